The summed E-state index contributed by atoms with van der Waals surface area (Å²) in [4.78, 5) is 69.9. The van der Waals surface area contributed by atoms with E-state index in [1.54, 1.807) is 6.92 Å². The van der Waals surface area contributed by atoms with E-state index in [-0.39, 0.29) is 49.0 Å². The molecule has 1 fully saturated rings. The number of hydrogen-bond acceptors (Lipinski definition) is 9. The molecule has 14 heteroatoms. The van der Waals surface area contributed by atoms with E-state index in [0.717, 1.165) is 10.5 Å². The minimum Gasteiger partial charge on any atom is -0.468 e. The number of carbonyl (C=O) groups excluding carboxylic acids is 4. The van der Waals surface area contributed by atoms with Gasteiger partial charge < -0.3 is 29.9 Å². The fourth-order valence-electron chi connectivity index (χ4n) is 6.05. The predicted molar refractivity (Wildman–Crippen MR) is 170 cm³/mol. The molecule has 14 nitrogen and oxygen atoms in total. The second kappa shape index (κ2) is 15.8. The number of methoxy groups -OCH3 is 1. The smallest absolute Gasteiger partial charge is 0.338 e. The van der Waals surface area contributed by atoms with Gasteiger partial charge in [0.2, 0.25) is 6.54 Å². The molecule has 2 aliphatic rings. The van der Waals surface area contributed by atoms with Crippen molar-refractivity contribution in [2.24, 2.45) is 0 Å². The third-order valence-corrected chi connectivity index (χ3v) is 8.52. The molecule has 2 aromatic rings. The van der Waals surface area contributed by atoms with E-state index < -0.39 is 34.4 Å². The van der Waals surface area contributed by atoms with Crippen molar-refractivity contribution >= 4 is 29.7 Å². The van der Waals surface area contributed by atoms with Crippen LogP contribution in [0.25, 0.3) is 4.85 Å². The summed E-state index contributed by atoms with van der Waals surface area (Å²) in [6.07, 6.45) is 1.94. The molecule has 1 atom stereocenters. The van der Waals surface area contributed by atoms with Gasteiger partial charge in [0.05, 0.1) is 23.0 Å². The maximum atomic E-state index is 13.6. The number of hydrogen-bond donors (Lipinski definition) is 2. The zero-order chi connectivity index (χ0) is 34.0. The van der Waals surface area contributed by atoms with Gasteiger partial charge in [0, 0.05) is 24.4 Å². The minimum absolute atomic E-state index is 0.00176. The molecule has 4 amide bonds. The number of carbonyl (C=O) groups is 4. The van der Waals surface area contributed by atoms with Gasteiger partial charge >= 0.3 is 24.0 Å². The number of non-ortho nitro benzene ring substituents is 1. The number of piperidine rings is 1. The number of nitro groups is 1. The molecule has 2 aromatic carbocycles. The number of ether oxygens (including phenoxy) is 2. The highest BCUT2D eigenvalue weighted by molar-refractivity contribution is 6.01. The van der Waals surface area contributed by atoms with Gasteiger partial charge in [-0.05, 0) is 68.6 Å². The molecule has 0 aliphatic carbocycles. The van der Waals surface area contributed by atoms with E-state index in [9.17, 15) is 29.3 Å². The van der Waals surface area contributed by atoms with Crippen LogP contribution in [0, 0.1) is 16.7 Å². The van der Waals surface area contributed by atoms with Crippen molar-refractivity contribution in [1.82, 2.24) is 20.4 Å². The molecule has 2 aliphatic heterocycles. The van der Waals surface area contributed by atoms with Crippen LogP contribution in [0.15, 0.2) is 65.9 Å². The maximum absolute atomic E-state index is 13.6. The lowest BCUT2D eigenvalue weighted by Crippen LogP contribution is -2.55. The Bertz CT molecular complexity index is 1540. The first kappa shape index (κ1) is 34.6. The zero-order valence-electron chi connectivity index (χ0n) is 26.4. The average Bonchev–Trinajstić information content (AvgIpc) is 3.09. The van der Waals surface area contributed by atoms with Crippen molar-refractivity contribution in [3.8, 4) is 0 Å². The molecule has 0 aromatic heterocycles. The van der Waals surface area contributed by atoms with Gasteiger partial charge in [0.25, 0.3) is 5.69 Å². The Kier molecular flexibility index (Phi) is 11.6. The minimum atomic E-state index is -1.23. The molecule has 1 saturated heterocycles. The fraction of sp³-hybridized carbons (Fsp3) is 0.424. The average molecular weight is 647 g/mol. The number of benzene rings is 2. The largest absolute Gasteiger partial charge is 0.468 e. The van der Waals surface area contributed by atoms with Crippen molar-refractivity contribution in [1.29, 1.82) is 0 Å². The van der Waals surface area contributed by atoms with Crippen LogP contribution in [0.3, 0.4) is 0 Å². The lowest BCUT2D eigenvalue weighted by molar-refractivity contribution is -0.384. The second-order valence-electron chi connectivity index (χ2n) is 11.2. The van der Waals surface area contributed by atoms with Crippen molar-refractivity contribution in [3.05, 3.63) is 98.5 Å². The summed E-state index contributed by atoms with van der Waals surface area (Å²) in [7, 11) is 1.40. The molecule has 0 bridgehead atoms. The number of likely N-dealkylation sites (tertiary alicyclic amines) is 1. The van der Waals surface area contributed by atoms with E-state index in [1.165, 1.54) is 31.4 Å². The van der Waals surface area contributed by atoms with Crippen LogP contribution >= 0.6 is 0 Å². The number of nitro benzene ring substituents is 1. The summed E-state index contributed by atoms with van der Waals surface area (Å²) in [5.74, 6) is -1.07. The van der Waals surface area contributed by atoms with Crippen LogP contribution < -0.4 is 10.6 Å². The SMILES string of the molecule is [C-]#[N+]CCOC(=O)C1=C(CC)NC(=O)N(C(=O)NCCCN2CCC(C(=O)OC)(c3ccccc3)CC2)C1c1ccc([N+](=O)[O-])cc1. The highest BCUT2D eigenvalue weighted by atomic mass is 16.6. The van der Waals surface area contributed by atoms with Gasteiger partial charge in [0.15, 0.2) is 6.61 Å². The molecule has 0 saturated carbocycles. The molecule has 2 N–H and O–H groups in total. The first-order chi connectivity index (χ1) is 22.7. The van der Waals surface area contributed by atoms with E-state index in [1.807, 2.05) is 30.3 Å². The number of imide groups is 1. The quantitative estimate of drug-likeness (QED) is 0.114. The number of nitrogens with zero attached hydrogens (tertiary/aromatic N) is 4. The number of amides is 4. The van der Waals surface area contributed by atoms with E-state index >= 15 is 0 Å². The summed E-state index contributed by atoms with van der Waals surface area (Å²) in [5.41, 5.74) is 0.562. The van der Waals surface area contributed by atoms with Gasteiger partial charge in [0.1, 0.15) is 6.04 Å². The molecular formula is C33H38N6O8. The second-order valence-corrected chi connectivity index (χ2v) is 11.2. The Balaban J connectivity index is 1.45. The van der Waals surface area contributed by atoms with Crippen LogP contribution in [-0.4, -0.2) is 85.2 Å². The summed E-state index contributed by atoms with van der Waals surface area (Å²) in [6.45, 7) is 10.6. The Morgan fingerprint density at radius 3 is 2.40 bits per heavy atom. The van der Waals surface area contributed by atoms with Crippen molar-refractivity contribution in [3.63, 3.8) is 0 Å². The molecule has 0 radical (unpaired) electrons. The summed E-state index contributed by atoms with van der Waals surface area (Å²) in [6, 6.07) is 12.1. The van der Waals surface area contributed by atoms with Gasteiger partial charge in [-0.1, -0.05) is 37.3 Å². The van der Waals surface area contributed by atoms with Crippen LogP contribution in [0.2, 0.25) is 0 Å². The normalized spacial score (nSPS) is 17.7. The van der Waals surface area contributed by atoms with E-state index in [0.29, 0.717) is 44.5 Å². The van der Waals surface area contributed by atoms with Crippen LogP contribution in [0.5, 0.6) is 0 Å². The molecule has 0 spiro atoms. The fourth-order valence-corrected chi connectivity index (χ4v) is 6.05. The Morgan fingerprint density at radius 1 is 1.13 bits per heavy atom. The molecule has 1 unspecified atom stereocenters. The zero-order valence-corrected chi connectivity index (χ0v) is 26.4. The summed E-state index contributed by atoms with van der Waals surface area (Å²) in [5, 5.41) is 16.7. The number of allylic oxidation sites excluding steroid dienone is 1. The van der Waals surface area contributed by atoms with Crippen LogP contribution in [-0.2, 0) is 24.5 Å². The number of nitrogens with one attached hydrogen (secondary N) is 2. The Hall–Kier alpha value is -5.29. The van der Waals surface area contributed by atoms with Crippen LogP contribution in [0.4, 0.5) is 15.3 Å². The monoisotopic (exact) mass is 646 g/mol. The van der Waals surface area contributed by atoms with Crippen molar-refractivity contribution < 1.29 is 33.6 Å². The first-order valence-electron chi connectivity index (χ1n) is 15.4. The standard InChI is InChI=1S/C33H38N6O8/c1-4-26-27(29(40)47-22-18-34-2)28(23-11-13-25(14-12-23)39(44)45)38(32(43)36-26)31(42)35-17-8-19-37-20-15-33(16-21-37,30(41)46-3)24-9-6-5-7-10-24/h5-7,9-14,28H,4,8,15-22H2,1,3H3,(H,35,42)(H,36,43). The Labute approximate surface area is 272 Å². The predicted octanol–water partition coefficient (Wildman–Crippen LogP) is 4.09. The molecule has 47 heavy (non-hydrogen) atoms. The first-order valence-corrected chi connectivity index (χ1v) is 15.4. The topological polar surface area (TPSA) is 165 Å². The van der Waals surface area contributed by atoms with Crippen molar-refractivity contribution in [2.45, 2.75) is 44.1 Å². The molecule has 248 valence electrons. The third-order valence-electron chi connectivity index (χ3n) is 8.52. The lowest BCUT2D eigenvalue weighted by Gasteiger charge is -2.40. The number of urea groups is 2. The van der Waals surface area contributed by atoms with E-state index in [2.05, 4.69) is 20.4 Å². The Morgan fingerprint density at radius 2 is 1.81 bits per heavy atom. The van der Waals surface area contributed by atoms with Crippen LogP contribution in [0.1, 0.15) is 49.8 Å². The summed E-state index contributed by atoms with van der Waals surface area (Å²) < 4.78 is 10.5. The van der Waals surface area contributed by atoms with E-state index in [4.69, 9.17) is 16.0 Å². The lowest BCUT2D eigenvalue weighted by atomic mass is 9.72. The number of rotatable bonds is 12. The third kappa shape index (κ3) is 7.75. The molecular weight excluding hydrogens is 608 g/mol. The molecule has 2 heterocycles. The number of esters is 2. The highest BCUT2D eigenvalue weighted by Crippen LogP contribution is 2.38. The highest BCUT2D eigenvalue weighted by Gasteiger charge is 2.44. The van der Waals surface area contributed by atoms with Gasteiger partial charge in [-0.15, -0.1) is 0 Å². The van der Waals surface area contributed by atoms with Gasteiger partial charge in [-0.2, -0.15) is 0 Å². The molecule has 4 rings (SSSR count). The van der Waals surface area contributed by atoms with Crippen molar-refractivity contribution in [2.75, 3.05) is 46.4 Å². The van der Waals surface area contributed by atoms with Gasteiger partial charge in [-0.25, -0.2) is 25.9 Å². The summed E-state index contributed by atoms with van der Waals surface area (Å²) >= 11 is 0. The maximum Gasteiger partial charge on any atom is 0.338 e. The van der Waals surface area contributed by atoms with Gasteiger partial charge in [-0.3, -0.25) is 14.9 Å².